The van der Waals surface area contributed by atoms with Crippen molar-refractivity contribution in [1.29, 1.82) is 0 Å². The molecule has 2 rings (SSSR count). The summed E-state index contributed by atoms with van der Waals surface area (Å²) in [4.78, 5) is 25.1. The minimum atomic E-state index is -1.06. The van der Waals surface area contributed by atoms with Crippen LogP contribution >= 0.6 is 11.6 Å². The molecule has 0 bridgehead atoms. The zero-order valence-corrected chi connectivity index (χ0v) is 14.4. The summed E-state index contributed by atoms with van der Waals surface area (Å²) in [5.74, 6) is -0.188. The second kappa shape index (κ2) is 4.59. The zero-order chi connectivity index (χ0) is 16.4. The minimum Gasteiger partial charge on any atom is -0.444 e. The van der Waals surface area contributed by atoms with Crippen molar-refractivity contribution in [1.82, 2.24) is 4.90 Å². The SMILES string of the molecule is CC(C)(C)OC(=O)N1[C@@H]2C(=O)[C@@](C)(Cl)[C@@H]2O[C@H]1C(C)(C)C. The number of alkyl halides is 1. The Morgan fingerprint density at radius 2 is 1.81 bits per heavy atom. The van der Waals surface area contributed by atoms with Crippen molar-refractivity contribution in [2.45, 2.75) is 77.3 Å². The monoisotopic (exact) mass is 317 g/mol. The van der Waals surface area contributed by atoms with Crippen LogP contribution in [0, 0.1) is 5.41 Å². The topological polar surface area (TPSA) is 55.8 Å². The van der Waals surface area contributed by atoms with Gasteiger partial charge in [-0.3, -0.25) is 9.69 Å². The Balaban J connectivity index is 2.31. The number of ketones is 1. The Morgan fingerprint density at radius 1 is 1.29 bits per heavy atom. The molecule has 1 amide bonds. The third-order valence-electron chi connectivity index (χ3n) is 3.74. The summed E-state index contributed by atoms with van der Waals surface area (Å²) >= 11 is 6.22. The molecule has 21 heavy (non-hydrogen) atoms. The number of halogens is 1. The number of fused-ring (bicyclic) bond motifs is 1. The lowest BCUT2D eigenvalue weighted by Gasteiger charge is -2.43. The molecule has 4 atom stereocenters. The first kappa shape index (κ1) is 16.6. The predicted molar refractivity (Wildman–Crippen MR) is 79.2 cm³/mol. The maximum atomic E-state index is 12.5. The highest BCUT2D eigenvalue weighted by Gasteiger charge is 2.69. The van der Waals surface area contributed by atoms with E-state index >= 15 is 0 Å². The zero-order valence-electron chi connectivity index (χ0n) is 13.7. The number of amides is 1. The van der Waals surface area contributed by atoms with Gasteiger partial charge in [0.05, 0.1) is 0 Å². The first-order chi connectivity index (χ1) is 9.27. The van der Waals surface area contributed by atoms with Gasteiger partial charge in [-0.1, -0.05) is 20.8 Å². The van der Waals surface area contributed by atoms with Crippen LogP contribution < -0.4 is 0 Å². The number of hydrogen-bond acceptors (Lipinski definition) is 4. The Morgan fingerprint density at radius 3 is 2.24 bits per heavy atom. The van der Waals surface area contributed by atoms with Crippen molar-refractivity contribution < 1.29 is 19.1 Å². The Kier molecular flexibility index (Phi) is 3.62. The van der Waals surface area contributed by atoms with Gasteiger partial charge in [-0.15, -0.1) is 11.6 Å². The second-order valence-electron chi connectivity index (χ2n) is 8.05. The van der Waals surface area contributed by atoms with Crippen LogP contribution in [0.2, 0.25) is 0 Å². The molecule has 0 radical (unpaired) electrons. The first-order valence-electron chi connectivity index (χ1n) is 7.17. The number of carbonyl (C=O) groups excluding carboxylic acids is 2. The molecule has 2 aliphatic rings. The number of rotatable bonds is 0. The molecule has 0 aromatic rings. The largest absolute Gasteiger partial charge is 0.444 e. The fourth-order valence-electron chi connectivity index (χ4n) is 2.74. The molecule has 6 heteroatoms. The highest BCUT2D eigenvalue weighted by atomic mass is 35.5. The third-order valence-corrected chi connectivity index (χ3v) is 4.15. The summed E-state index contributed by atoms with van der Waals surface area (Å²) in [7, 11) is 0. The molecule has 1 saturated heterocycles. The third kappa shape index (κ3) is 2.66. The Hall–Kier alpha value is -0.810. The van der Waals surface area contributed by atoms with Crippen molar-refractivity contribution in [3.63, 3.8) is 0 Å². The smallest absolute Gasteiger partial charge is 0.413 e. The van der Waals surface area contributed by atoms with E-state index in [9.17, 15) is 9.59 Å². The minimum absolute atomic E-state index is 0.188. The molecule has 1 aliphatic carbocycles. The van der Waals surface area contributed by atoms with Gasteiger partial charge in [-0.05, 0) is 27.7 Å². The van der Waals surface area contributed by atoms with E-state index in [-0.39, 0.29) is 11.2 Å². The molecule has 0 N–H and O–H groups in total. The highest BCUT2D eigenvalue weighted by Crippen LogP contribution is 2.49. The van der Waals surface area contributed by atoms with Crippen molar-refractivity contribution in [2.75, 3.05) is 0 Å². The molecule has 2 fully saturated rings. The van der Waals surface area contributed by atoms with Crippen molar-refractivity contribution >= 4 is 23.5 Å². The maximum Gasteiger partial charge on any atom is 0.413 e. The molecule has 1 heterocycles. The summed E-state index contributed by atoms with van der Waals surface area (Å²) in [5.41, 5.74) is -0.976. The molecule has 0 aromatic heterocycles. The van der Waals surface area contributed by atoms with Gasteiger partial charge in [0, 0.05) is 5.41 Å². The normalized spacial score (nSPS) is 36.3. The van der Waals surface area contributed by atoms with E-state index in [0.717, 1.165) is 0 Å². The van der Waals surface area contributed by atoms with Gasteiger partial charge in [-0.25, -0.2) is 4.79 Å². The fraction of sp³-hybridized carbons (Fsp3) is 0.867. The summed E-state index contributed by atoms with van der Waals surface area (Å²) in [6.07, 6.45) is -1.55. The van der Waals surface area contributed by atoms with Crippen LogP contribution in [0.3, 0.4) is 0 Å². The molecule has 1 saturated carbocycles. The predicted octanol–water partition coefficient (Wildman–Crippen LogP) is 2.94. The van der Waals surface area contributed by atoms with Crippen LogP contribution in [0.1, 0.15) is 48.5 Å². The van der Waals surface area contributed by atoms with Gasteiger partial charge in [0.1, 0.15) is 28.8 Å². The summed E-state index contributed by atoms with van der Waals surface area (Å²) in [6, 6.07) is -0.647. The molecular formula is C15H24ClNO4. The summed E-state index contributed by atoms with van der Waals surface area (Å²) < 4.78 is 11.4. The van der Waals surface area contributed by atoms with Crippen LogP contribution in [-0.2, 0) is 14.3 Å². The fourth-order valence-corrected chi connectivity index (χ4v) is 3.02. The van der Waals surface area contributed by atoms with Crippen molar-refractivity contribution in [2.24, 2.45) is 5.41 Å². The number of carbonyl (C=O) groups is 2. The van der Waals surface area contributed by atoms with Crippen LogP contribution in [-0.4, -0.2) is 45.6 Å². The lowest BCUT2D eigenvalue weighted by molar-refractivity contribution is -0.140. The van der Waals surface area contributed by atoms with E-state index in [1.54, 1.807) is 27.7 Å². The van der Waals surface area contributed by atoms with Crippen LogP contribution in [0.15, 0.2) is 0 Å². The van der Waals surface area contributed by atoms with Crippen LogP contribution in [0.25, 0.3) is 0 Å². The van der Waals surface area contributed by atoms with E-state index in [1.807, 2.05) is 20.8 Å². The van der Waals surface area contributed by atoms with Gasteiger partial charge >= 0.3 is 6.09 Å². The standard InChI is InChI=1S/C15H24ClNO4/c1-13(2,3)11-17(12(19)21-14(4,5)6)8-9(18)15(7,16)10(8)20-11/h8,10-11H,1-7H3/t8-,10-,11+,15-/m1/s1. The Labute approximate surface area is 130 Å². The lowest BCUT2D eigenvalue weighted by atomic mass is 9.75. The first-order valence-corrected chi connectivity index (χ1v) is 7.54. The Bertz CT molecular complexity index is 475. The van der Waals surface area contributed by atoms with E-state index in [4.69, 9.17) is 21.1 Å². The molecule has 0 unspecified atom stereocenters. The summed E-state index contributed by atoms with van der Waals surface area (Å²) in [6.45, 7) is 12.9. The molecule has 1 aliphatic heterocycles. The molecule has 0 spiro atoms. The number of nitrogens with zero attached hydrogens (tertiary/aromatic N) is 1. The van der Waals surface area contributed by atoms with Gasteiger partial charge in [0.25, 0.3) is 0 Å². The van der Waals surface area contributed by atoms with Crippen molar-refractivity contribution in [3.05, 3.63) is 0 Å². The average Bonchev–Trinajstić information content (AvgIpc) is 2.63. The van der Waals surface area contributed by atoms with Crippen LogP contribution in [0.5, 0.6) is 0 Å². The van der Waals surface area contributed by atoms with E-state index < -0.39 is 34.9 Å². The van der Waals surface area contributed by atoms with Gasteiger partial charge in [0.15, 0.2) is 5.78 Å². The van der Waals surface area contributed by atoms with Gasteiger partial charge in [-0.2, -0.15) is 0 Å². The number of ether oxygens (including phenoxy) is 2. The van der Waals surface area contributed by atoms with E-state index in [1.165, 1.54) is 4.90 Å². The summed E-state index contributed by atoms with van der Waals surface area (Å²) in [5, 5.41) is 0. The number of Topliss-reactive ketones (excluding diaryl/α,β-unsaturated/α-hetero) is 1. The average molecular weight is 318 g/mol. The van der Waals surface area contributed by atoms with E-state index in [0.29, 0.717) is 0 Å². The highest BCUT2D eigenvalue weighted by molar-refractivity contribution is 6.39. The molecule has 5 nitrogen and oxygen atoms in total. The second-order valence-corrected chi connectivity index (χ2v) is 8.83. The lowest BCUT2D eigenvalue weighted by Crippen LogP contribution is -2.69. The quantitative estimate of drug-likeness (QED) is 0.645. The molecule has 0 aromatic carbocycles. The van der Waals surface area contributed by atoms with E-state index in [2.05, 4.69) is 0 Å². The molecular weight excluding hydrogens is 294 g/mol. The molecule has 120 valence electrons. The van der Waals surface area contributed by atoms with Gasteiger partial charge < -0.3 is 9.47 Å². The van der Waals surface area contributed by atoms with Gasteiger partial charge in [0.2, 0.25) is 0 Å². The van der Waals surface area contributed by atoms with Crippen molar-refractivity contribution in [3.8, 4) is 0 Å². The number of hydrogen-bond donors (Lipinski definition) is 0. The maximum absolute atomic E-state index is 12.5. The van der Waals surface area contributed by atoms with Crippen LogP contribution in [0.4, 0.5) is 4.79 Å².